The van der Waals surface area contributed by atoms with Gasteiger partial charge in [-0.25, -0.2) is 8.42 Å². The van der Waals surface area contributed by atoms with Crippen LogP contribution >= 0.6 is 0 Å². The van der Waals surface area contributed by atoms with Gasteiger partial charge in [-0.1, -0.05) is 0 Å². The topological polar surface area (TPSA) is 91.1 Å². The Morgan fingerprint density at radius 2 is 1.91 bits per heavy atom. The maximum Gasteiger partial charge on any atom is 0.243 e. The summed E-state index contributed by atoms with van der Waals surface area (Å²) in [7, 11) is -1.92. The second-order valence-corrected chi connectivity index (χ2v) is 10.6. The van der Waals surface area contributed by atoms with Crippen LogP contribution in [0.3, 0.4) is 0 Å². The third-order valence-corrected chi connectivity index (χ3v) is 8.29. The molecular formula is C23H29N3O5S. The number of hydrogen-bond acceptors (Lipinski definition) is 5. The molecule has 172 valence electrons. The number of carbonyl (C=O) groups is 2. The van der Waals surface area contributed by atoms with Crippen molar-refractivity contribution in [1.29, 1.82) is 0 Å². The first-order chi connectivity index (χ1) is 15.2. The zero-order valence-corrected chi connectivity index (χ0v) is 19.5. The van der Waals surface area contributed by atoms with E-state index < -0.39 is 10.0 Å². The Kier molecular flexibility index (Phi) is 6.13. The first-order valence-electron chi connectivity index (χ1n) is 10.9. The molecule has 4 rings (SSSR count). The van der Waals surface area contributed by atoms with E-state index in [0.29, 0.717) is 38.9 Å². The SMILES string of the molecule is CC(=O)N1c2ccc(S(=O)(=O)N3CCC(C(=O)N(C)Cc4ccco4)CC3)cc2C[C@@H]1C. The molecule has 0 bridgehead atoms. The summed E-state index contributed by atoms with van der Waals surface area (Å²) in [5.74, 6) is 0.478. The molecule has 1 aromatic carbocycles. The van der Waals surface area contributed by atoms with Crippen molar-refractivity contribution in [3.8, 4) is 0 Å². The van der Waals surface area contributed by atoms with Gasteiger partial charge in [0.15, 0.2) is 0 Å². The summed E-state index contributed by atoms with van der Waals surface area (Å²) in [5.41, 5.74) is 1.66. The van der Waals surface area contributed by atoms with E-state index in [2.05, 4.69) is 0 Å². The van der Waals surface area contributed by atoms with E-state index in [1.165, 1.54) is 11.2 Å². The zero-order chi connectivity index (χ0) is 23.0. The number of anilines is 1. The highest BCUT2D eigenvalue weighted by Gasteiger charge is 2.35. The van der Waals surface area contributed by atoms with Gasteiger partial charge in [0.25, 0.3) is 0 Å². The minimum atomic E-state index is -3.66. The number of rotatable bonds is 5. The van der Waals surface area contributed by atoms with Crippen molar-refractivity contribution >= 4 is 27.5 Å². The van der Waals surface area contributed by atoms with Crippen molar-refractivity contribution in [2.45, 2.75) is 50.6 Å². The van der Waals surface area contributed by atoms with Gasteiger partial charge in [-0.05, 0) is 62.1 Å². The normalized spacial score (nSPS) is 19.7. The minimum Gasteiger partial charge on any atom is -0.467 e. The second kappa shape index (κ2) is 8.71. The Hall–Kier alpha value is -2.65. The summed E-state index contributed by atoms with van der Waals surface area (Å²) in [6.07, 6.45) is 3.19. The molecule has 9 heteroatoms. The number of hydrogen-bond donors (Lipinski definition) is 0. The third kappa shape index (κ3) is 4.19. The molecule has 8 nitrogen and oxygen atoms in total. The molecule has 2 aromatic rings. The Morgan fingerprint density at radius 3 is 2.53 bits per heavy atom. The first kappa shape index (κ1) is 22.5. The van der Waals surface area contributed by atoms with Gasteiger partial charge in [0, 0.05) is 44.7 Å². The van der Waals surface area contributed by atoms with E-state index in [9.17, 15) is 18.0 Å². The molecule has 1 fully saturated rings. The molecule has 2 aliphatic rings. The lowest BCUT2D eigenvalue weighted by Gasteiger charge is -2.32. The smallest absolute Gasteiger partial charge is 0.243 e. The number of amides is 2. The van der Waals surface area contributed by atoms with E-state index >= 15 is 0 Å². The van der Waals surface area contributed by atoms with Gasteiger partial charge in [-0.3, -0.25) is 9.59 Å². The largest absolute Gasteiger partial charge is 0.467 e. The fraction of sp³-hybridized carbons (Fsp3) is 0.478. The molecule has 32 heavy (non-hydrogen) atoms. The molecule has 2 amide bonds. The number of nitrogens with zero attached hydrogens (tertiary/aromatic N) is 3. The van der Waals surface area contributed by atoms with Crippen LogP contribution in [-0.4, -0.2) is 55.6 Å². The Morgan fingerprint density at radius 1 is 1.19 bits per heavy atom. The predicted molar refractivity (Wildman–Crippen MR) is 119 cm³/mol. The molecule has 0 unspecified atom stereocenters. The number of sulfonamides is 1. The third-order valence-electron chi connectivity index (χ3n) is 6.40. The Labute approximate surface area is 188 Å². The molecule has 0 N–H and O–H groups in total. The molecule has 0 saturated carbocycles. The highest BCUT2D eigenvalue weighted by molar-refractivity contribution is 7.89. The van der Waals surface area contributed by atoms with Crippen LogP contribution < -0.4 is 4.90 Å². The van der Waals surface area contributed by atoms with E-state index in [1.54, 1.807) is 47.4 Å². The van der Waals surface area contributed by atoms with Crippen molar-refractivity contribution in [3.63, 3.8) is 0 Å². The van der Waals surface area contributed by atoms with Crippen molar-refractivity contribution in [3.05, 3.63) is 47.9 Å². The quantitative estimate of drug-likeness (QED) is 0.686. The number of piperidine rings is 1. The number of fused-ring (bicyclic) bond motifs is 1. The number of furan rings is 1. The standard InChI is InChI=1S/C23H29N3O5S/c1-16-13-19-14-21(6-7-22(19)26(16)17(2)27)32(29,30)25-10-8-18(9-11-25)23(28)24(3)15-20-5-4-12-31-20/h4-7,12,14,16,18H,8-11,13,15H2,1-3H3/t16-/m0/s1. The summed E-state index contributed by atoms with van der Waals surface area (Å²) >= 11 is 0. The van der Waals surface area contributed by atoms with Crippen LogP contribution in [0, 0.1) is 5.92 Å². The number of carbonyl (C=O) groups excluding carboxylic acids is 2. The highest BCUT2D eigenvalue weighted by atomic mass is 32.2. The van der Waals surface area contributed by atoms with Crippen LogP contribution in [0.4, 0.5) is 5.69 Å². The molecule has 3 heterocycles. The molecular weight excluding hydrogens is 430 g/mol. The van der Waals surface area contributed by atoms with Crippen LogP contribution in [0.1, 0.15) is 38.0 Å². The maximum absolute atomic E-state index is 13.2. The molecule has 0 radical (unpaired) electrons. The van der Waals surface area contributed by atoms with Gasteiger partial charge in [-0.15, -0.1) is 0 Å². The number of benzene rings is 1. The fourth-order valence-corrected chi connectivity index (χ4v) is 6.29. The molecule has 0 spiro atoms. The van der Waals surface area contributed by atoms with Crippen LogP contribution in [-0.2, 0) is 32.6 Å². The summed E-state index contributed by atoms with van der Waals surface area (Å²) < 4.78 is 33.3. The van der Waals surface area contributed by atoms with Gasteiger partial charge in [0.05, 0.1) is 17.7 Å². The van der Waals surface area contributed by atoms with Crippen molar-refractivity contribution < 1.29 is 22.4 Å². The van der Waals surface area contributed by atoms with Gasteiger partial charge in [-0.2, -0.15) is 4.31 Å². The van der Waals surface area contributed by atoms with Crippen molar-refractivity contribution in [2.75, 3.05) is 25.0 Å². The molecule has 1 aromatic heterocycles. The average Bonchev–Trinajstić information content (AvgIpc) is 3.39. The van der Waals surface area contributed by atoms with Gasteiger partial charge >= 0.3 is 0 Å². The highest BCUT2D eigenvalue weighted by Crippen LogP contribution is 2.35. The maximum atomic E-state index is 13.2. The summed E-state index contributed by atoms with van der Waals surface area (Å²) in [6.45, 7) is 4.49. The lowest BCUT2D eigenvalue weighted by atomic mass is 9.96. The molecule has 1 atom stereocenters. The van der Waals surface area contributed by atoms with Crippen LogP contribution in [0.2, 0.25) is 0 Å². The molecule has 1 saturated heterocycles. The van der Waals surface area contributed by atoms with Gasteiger partial charge in [0.1, 0.15) is 5.76 Å². The predicted octanol–water partition coefficient (Wildman–Crippen LogP) is 2.64. The molecule has 2 aliphatic heterocycles. The summed E-state index contributed by atoms with van der Waals surface area (Å²) in [5, 5.41) is 0. The molecule has 0 aliphatic carbocycles. The van der Waals surface area contributed by atoms with E-state index in [1.807, 2.05) is 13.0 Å². The van der Waals surface area contributed by atoms with E-state index in [4.69, 9.17) is 4.42 Å². The summed E-state index contributed by atoms with van der Waals surface area (Å²) in [4.78, 5) is 28.3. The van der Waals surface area contributed by atoms with Crippen LogP contribution in [0.25, 0.3) is 0 Å². The lowest BCUT2D eigenvalue weighted by Crippen LogP contribution is -2.43. The van der Waals surface area contributed by atoms with E-state index in [-0.39, 0.29) is 28.7 Å². The van der Waals surface area contributed by atoms with Gasteiger partial charge < -0.3 is 14.2 Å². The fourth-order valence-electron chi connectivity index (χ4n) is 4.77. The van der Waals surface area contributed by atoms with Crippen LogP contribution in [0.15, 0.2) is 45.9 Å². The lowest BCUT2D eigenvalue weighted by molar-refractivity contribution is -0.136. The van der Waals surface area contributed by atoms with Crippen LogP contribution in [0.5, 0.6) is 0 Å². The monoisotopic (exact) mass is 459 g/mol. The summed E-state index contributed by atoms with van der Waals surface area (Å²) in [6, 6.07) is 8.63. The average molecular weight is 460 g/mol. The minimum absolute atomic E-state index is 0.00860. The zero-order valence-electron chi connectivity index (χ0n) is 18.7. The second-order valence-electron chi connectivity index (χ2n) is 8.68. The van der Waals surface area contributed by atoms with E-state index in [0.717, 1.165) is 17.0 Å². The van der Waals surface area contributed by atoms with Gasteiger partial charge in [0.2, 0.25) is 21.8 Å². The van der Waals surface area contributed by atoms with Crippen molar-refractivity contribution in [1.82, 2.24) is 9.21 Å². The Bertz CT molecular complexity index is 1100. The van der Waals surface area contributed by atoms with Crippen molar-refractivity contribution in [2.24, 2.45) is 5.92 Å². The first-order valence-corrected chi connectivity index (χ1v) is 12.3. The Balaban J connectivity index is 1.42.